The molecule has 4 heterocycles. The summed E-state index contributed by atoms with van der Waals surface area (Å²) in [5, 5.41) is 10.0. The number of pyridine rings is 1. The highest BCUT2D eigenvalue weighted by molar-refractivity contribution is 5.81. The smallest absolute Gasteiger partial charge is 0.156 e. The van der Waals surface area contributed by atoms with Crippen LogP contribution in [0.5, 0.6) is 0 Å². The Kier molecular flexibility index (Phi) is 4.04. The lowest BCUT2D eigenvalue weighted by Crippen LogP contribution is -2.17. The summed E-state index contributed by atoms with van der Waals surface area (Å²) in [7, 11) is 0. The van der Waals surface area contributed by atoms with Crippen LogP contribution in [0.25, 0.3) is 16.9 Å². The summed E-state index contributed by atoms with van der Waals surface area (Å²) in [6, 6.07) is 12.2. The molecule has 29 heavy (non-hydrogen) atoms. The van der Waals surface area contributed by atoms with E-state index >= 15 is 0 Å². The lowest BCUT2D eigenvalue weighted by atomic mass is 10.1. The van der Waals surface area contributed by atoms with Gasteiger partial charge in [0.2, 0.25) is 0 Å². The predicted molar refractivity (Wildman–Crippen MR) is 111 cm³/mol. The molecule has 0 radical (unpaired) electrons. The Morgan fingerprint density at radius 2 is 2.03 bits per heavy atom. The van der Waals surface area contributed by atoms with Gasteiger partial charge in [0.15, 0.2) is 11.6 Å². The highest BCUT2D eigenvalue weighted by Crippen LogP contribution is 2.36. The van der Waals surface area contributed by atoms with Gasteiger partial charge < -0.3 is 16.0 Å². The maximum Gasteiger partial charge on any atom is 0.156 e. The van der Waals surface area contributed by atoms with Gasteiger partial charge in [-0.1, -0.05) is 18.2 Å². The summed E-state index contributed by atoms with van der Waals surface area (Å²) in [6.07, 6.45) is 3.54. The van der Waals surface area contributed by atoms with Gasteiger partial charge in [0.05, 0.1) is 23.6 Å². The van der Waals surface area contributed by atoms with E-state index < -0.39 is 0 Å². The van der Waals surface area contributed by atoms with E-state index in [0.29, 0.717) is 5.82 Å². The van der Waals surface area contributed by atoms with Gasteiger partial charge in [-0.2, -0.15) is 0 Å². The first-order chi connectivity index (χ1) is 14.1. The monoisotopic (exact) mass is 389 g/mol. The zero-order chi connectivity index (χ0) is 20.0. The summed E-state index contributed by atoms with van der Waals surface area (Å²) < 4.78 is 15.9. The van der Waals surface area contributed by atoms with E-state index in [-0.39, 0.29) is 18.0 Å². The van der Waals surface area contributed by atoms with E-state index in [1.165, 1.54) is 18.5 Å². The fraction of sp³-hybridized carbons (Fsp3) is 0.190. The summed E-state index contributed by atoms with van der Waals surface area (Å²) in [5.41, 5.74) is 4.08. The van der Waals surface area contributed by atoms with Gasteiger partial charge in [0, 0.05) is 11.8 Å². The van der Waals surface area contributed by atoms with Crippen molar-refractivity contribution < 1.29 is 4.39 Å². The number of hydrogen-bond donors (Lipinski definition) is 3. The molecule has 7 nitrogen and oxygen atoms in total. The van der Waals surface area contributed by atoms with E-state index in [1.54, 1.807) is 6.07 Å². The number of anilines is 3. The second-order valence-electron chi connectivity index (χ2n) is 7.11. The second-order valence-corrected chi connectivity index (χ2v) is 7.11. The van der Waals surface area contributed by atoms with Crippen molar-refractivity contribution in [2.75, 3.05) is 16.0 Å². The molecule has 1 aliphatic heterocycles. The largest absolute Gasteiger partial charge is 0.360 e. The molecule has 0 aliphatic carbocycles. The van der Waals surface area contributed by atoms with Crippen LogP contribution in [0.2, 0.25) is 0 Å². The molecule has 0 amide bonds. The third kappa shape index (κ3) is 3.02. The van der Waals surface area contributed by atoms with E-state index in [0.717, 1.165) is 34.1 Å². The highest BCUT2D eigenvalue weighted by Gasteiger charge is 2.24. The molecule has 5 rings (SSSR count). The highest BCUT2D eigenvalue weighted by atomic mass is 19.1. The number of aromatic nitrogens is 4. The van der Waals surface area contributed by atoms with Crippen LogP contribution in [-0.4, -0.2) is 25.5 Å². The molecule has 0 saturated carbocycles. The Balaban J connectivity index is 1.59. The number of nitrogens with zero attached hydrogens (tertiary/aromatic N) is 4. The molecule has 1 aliphatic rings. The number of benzene rings is 1. The quantitative estimate of drug-likeness (QED) is 0.483. The Morgan fingerprint density at radius 3 is 2.90 bits per heavy atom. The topological polar surface area (TPSA) is 79.2 Å². The Hall–Kier alpha value is -3.68. The summed E-state index contributed by atoms with van der Waals surface area (Å²) >= 11 is 0. The summed E-state index contributed by atoms with van der Waals surface area (Å²) in [5.74, 6) is 1.18. The Morgan fingerprint density at radius 1 is 1.14 bits per heavy atom. The number of halogens is 1. The van der Waals surface area contributed by atoms with Gasteiger partial charge in [-0.3, -0.25) is 4.40 Å². The lowest BCUT2D eigenvalue weighted by molar-refractivity contribution is 0.628. The molecular weight excluding hydrogens is 369 g/mol. The maximum atomic E-state index is 13.9. The summed E-state index contributed by atoms with van der Waals surface area (Å²) in [6.45, 7) is 4.03. The normalized spacial score (nSPS) is 16.2. The number of hydrogen-bond acceptors (Lipinski definition) is 6. The van der Waals surface area contributed by atoms with Gasteiger partial charge >= 0.3 is 0 Å². The number of rotatable bonds is 4. The molecule has 8 heteroatoms. The standard InChI is InChI=1S/C21H20FN7/c1-12(25-20-18-21(24-11-23-20)27-13(2)26-18)17-19(14-6-5-7-15(22)10-14)29-9-4-3-8-16(29)28-17/h3-13,26H,1-2H3,(H2,23,24,25,27). The van der Waals surface area contributed by atoms with E-state index in [4.69, 9.17) is 4.98 Å². The van der Waals surface area contributed by atoms with Crippen LogP contribution in [0.4, 0.5) is 21.7 Å². The molecule has 3 aromatic heterocycles. The first-order valence-electron chi connectivity index (χ1n) is 9.47. The first kappa shape index (κ1) is 17.4. The molecule has 0 fully saturated rings. The number of imidazole rings is 1. The minimum Gasteiger partial charge on any atom is -0.360 e. The average molecular weight is 389 g/mol. The van der Waals surface area contributed by atoms with Gasteiger partial charge in [-0.05, 0) is 38.1 Å². The zero-order valence-electron chi connectivity index (χ0n) is 16.0. The number of fused-ring (bicyclic) bond motifs is 2. The van der Waals surface area contributed by atoms with Crippen molar-refractivity contribution in [3.8, 4) is 11.3 Å². The molecule has 4 aromatic rings. The summed E-state index contributed by atoms with van der Waals surface area (Å²) in [4.78, 5) is 13.5. The van der Waals surface area contributed by atoms with Gasteiger partial charge in [-0.15, -0.1) is 0 Å². The fourth-order valence-electron chi connectivity index (χ4n) is 3.71. The Bertz CT molecular complexity index is 1200. The predicted octanol–water partition coefficient (Wildman–Crippen LogP) is 4.29. The van der Waals surface area contributed by atoms with Crippen molar-refractivity contribution in [1.82, 2.24) is 19.4 Å². The molecule has 0 spiro atoms. The third-order valence-electron chi connectivity index (χ3n) is 4.98. The molecule has 0 bridgehead atoms. The number of nitrogens with one attached hydrogen (secondary N) is 3. The van der Waals surface area contributed by atoms with Crippen molar-refractivity contribution in [2.24, 2.45) is 0 Å². The maximum absolute atomic E-state index is 13.9. The molecule has 2 atom stereocenters. The molecule has 0 saturated heterocycles. The zero-order valence-corrected chi connectivity index (χ0v) is 16.0. The van der Waals surface area contributed by atoms with Crippen LogP contribution in [0.15, 0.2) is 55.0 Å². The molecule has 146 valence electrons. The third-order valence-corrected chi connectivity index (χ3v) is 4.98. The van der Waals surface area contributed by atoms with Crippen LogP contribution in [0.3, 0.4) is 0 Å². The van der Waals surface area contributed by atoms with E-state index in [2.05, 4.69) is 25.9 Å². The second kappa shape index (κ2) is 6.73. The SMILES string of the molecule is CC1Nc2ncnc(NC(C)c3nc4ccccn4c3-c3cccc(F)c3)c2N1. The van der Waals surface area contributed by atoms with Crippen LogP contribution in [-0.2, 0) is 0 Å². The van der Waals surface area contributed by atoms with E-state index in [1.807, 2.05) is 48.7 Å². The van der Waals surface area contributed by atoms with Gasteiger partial charge in [-0.25, -0.2) is 19.3 Å². The Labute approximate surface area is 167 Å². The van der Waals surface area contributed by atoms with Crippen LogP contribution in [0.1, 0.15) is 25.6 Å². The van der Waals surface area contributed by atoms with Crippen molar-refractivity contribution in [3.63, 3.8) is 0 Å². The van der Waals surface area contributed by atoms with Crippen molar-refractivity contribution in [1.29, 1.82) is 0 Å². The van der Waals surface area contributed by atoms with Crippen molar-refractivity contribution in [3.05, 3.63) is 66.5 Å². The van der Waals surface area contributed by atoms with E-state index in [9.17, 15) is 4.39 Å². The van der Waals surface area contributed by atoms with Crippen molar-refractivity contribution >= 4 is 23.0 Å². The molecule has 2 unspecified atom stereocenters. The molecular formula is C21H20FN7. The van der Waals surface area contributed by atoms with Crippen LogP contribution >= 0.6 is 0 Å². The van der Waals surface area contributed by atoms with Gasteiger partial charge in [0.25, 0.3) is 0 Å². The minimum atomic E-state index is -0.280. The lowest BCUT2D eigenvalue weighted by Gasteiger charge is -2.16. The molecule has 1 aromatic carbocycles. The van der Waals surface area contributed by atoms with Crippen LogP contribution in [0, 0.1) is 5.82 Å². The van der Waals surface area contributed by atoms with Crippen LogP contribution < -0.4 is 16.0 Å². The first-order valence-corrected chi connectivity index (χ1v) is 9.47. The van der Waals surface area contributed by atoms with Gasteiger partial charge in [0.1, 0.15) is 23.5 Å². The minimum absolute atomic E-state index is 0.0793. The molecule has 3 N–H and O–H groups in total. The van der Waals surface area contributed by atoms with Crippen molar-refractivity contribution in [2.45, 2.75) is 26.1 Å². The average Bonchev–Trinajstić information content (AvgIpc) is 3.28. The fourth-order valence-corrected chi connectivity index (χ4v) is 3.71.